The molecule has 0 aliphatic heterocycles. The molecule has 0 aromatic heterocycles. The molecular formula is C21H20Cl2N2O. The van der Waals surface area contributed by atoms with E-state index in [1.807, 2.05) is 54.6 Å². The summed E-state index contributed by atoms with van der Waals surface area (Å²) in [6.45, 7) is 1.98. The van der Waals surface area contributed by atoms with Gasteiger partial charge in [-0.15, -0.1) is 0 Å². The third kappa shape index (κ3) is 5.32. The van der Waals surface area contributed by atoms with Gasteiger partial charge in [0.05, 0.1) is 16.4 Å². The molecule has 26 heavy (non-hydrogen) atoms. The fourth-order valence-corrected chi connectivity index (χ4v) is 2.98. The number of para-hydroxylation sites is 2. The number of hydrogen-bond acceptors (Lipinski definition) is 3. The van der Waals surface area contributed by atoms with E-state index in [0.29, 0.717) is 23.2 Å². The van der Waals surface area contributed by atoms with Gasteiger partial charge in [0.1, 0.15) is 12.4 Å². The topological polar surface area (TPSA) is 33.3 Å². The van der Waals surface area contributed by atoms with Gasteiger partial charge in [-0.05, 0) is 35.9 Å². The van der Waals surface area contributed by atoms with E-state index in [1.54, 1.807) is 6.07 Å². The Hall–Kier alpha value is -2.36. The summed E-state index contributed by atoms with van der Waals surface area (Å²) in [5.41, 5.74) is 2.97. The first-order chi connectivity index (χ1) is 12.7. The maximum Gasteiger partial charge on any atom is 0.142 e. The number of ether oxygens (including phenoxy) is 1. The molecule has 3 rings (SSSR count). The lowest BCUT2D eigenvalue weighted by atomic mass is 10.2. The highest BCUT2D eigenvalue weighted by Gasteiger charge is 2.04. The lowest BCUT2D eigenvalue weighted by Crippen LogP contribution is -2.14. The molecule has 0 atom stereocenters. The summed E-state index contributed by atoms with van der Waals surface area (Å²) in [6, 6.07) is 23.5. The summed E-state index contributed by atoms with van der Waals surface area (Å²) in [5.74, 6) is 0.834. The van der Waals surface area contributed by atoms with Crippen molar-refractivity contribution in [2.24, 2.45) is 0 Å². The zero-order chi connectivity index (χ0) is 18.2. The predicted molar refractivity (Wildman–Crippen MR) is 111 cm³/mol. The molecule has 3 nitrogen and oxygen atoms in total. The Morgan fingerprint density at radius 2 is 1.42 bits per heavy atom. The van der Waals surface area contributed by atoms with Gasteiger partial charge in [0, 0.05) is 18.1 Å². The van der Waals surface area contributed by atoms with E-state index >= 15 is 0 Å². The van der Waals surface area contributed by atoms with Gasteiger partial charge in [0.2, 0.25) is 0 Å². The summed E-state index contributed by atoms with van der Waals surface area (Å²) in [4.78, 5) is 0. The van der Waals surface area contributed by atoms with Gasteiger partial charge in [-0.25, -0.2) is 0 Å². The van der Waals surface area contributed by atoms with E-state index in [4.69, 9.17) is 27.9 Å². The second kappa shape index (κ2) is 9.37. The lowest BCUT2D eigenvalue weighted by molar-refractivity contribution is 0.307. The Kier molecular flexibility index (Phi) is 6.64. The van der Waals surface area contributed by atoms with Crippen LogP contribution in [0.15, 0.2) is 72.8 Å². The van der Waals surface area contributed by atoms with Crippen molar-refractivity contribution in [3.63, 3.8) is 0 Å². The van der Waals surface area contributed by atoms with Crippen LogP contribution in [0.1, 0.15) is 5.56 Å². The molecule has 2 N–H and O–H groups in total. The van der Waals surface area contributed by atoms with Crippen molar-refractivity contribution in [1.82, 2.24) is 0 Å². The Balaban J connectivity index is 1.51. The van der Waals surface area contributed by atoms with Gasteiger partial charge >= 0.3 is 0 Å². The van der Waals surface area contributed by atoms with Crippen molar-refractivity contribution in [3.05, 3.63) is 88.4 Å². The van der Waals surface area contributed by atoms with Gasteiger partial charge in [-0.3, -0.25) is 0 Å². The average molecular weight is 387 g/mol. The predicted octanol–water partition coefficient (Wildman–Crippen LogP) is 6.10. The number of benzene rings is 3. The first-order valence-corrected chi connectivity index (χ1v) is 9.16. The summed E-state index contributed by atoms with van der Waals surface area (Å²) in [7, 11) is 0. The molecule has 0 fully saturated rings. The molecule has 0 aliphatic carbocycles. The van der Waals surface area contributed by atoms with E-state index in [-0.39, 0.29) is 0 Å². The highest BCUT2D eigenvalue weighted by atomic mass is 35.5. The van der Waals surface area contributed by atoms with Crippen molar-refractivity contribution in [3.8, 4) is 5.75 Å². The highest BCUT2D eigenvalue weighted by Crippen LogP contribution is 2.26. The number of hydrogen-bond donors (Lipinski definition) is 2. The molecule has 0 amide bonds. The minimum Gasteiger partial charge on any atom is -0.487 e. The van der Waals surface area contributed by atoms with Crippen LogP contribution in [-0.4, -0.2) is 13.1 Å². The quantitative estimate of drug-likeness (QED) is 0.459. The molecule has 5 heteroatoms. The smallest absolute Gasteiger partial charge is 0.142 e. The van der Waals surface area contributed by atoms with Crippen LogP contribution >= 0.6 is 23.2 Å². The molecule has 0 radical (unpaired) electrons. The molecule has 0 aliphatic rings. The number of anilines is 2. The summed E-state index contributed by atoms with van der Waals surface area (Å²) < 4.78 is 5.95. The molecule has 0 saturated heterocycles. The normalized spacial score (nSPS) is 10.4. The first kappa shape index (κ1) is 18.4. The zero-order valence-corrected chi connectivity index (χ0v) is 15.7. The minimum absolute atomic E-state index is 0.540. The van der Waals surface area contributed by atoms with Crippen LogP contribution in [0.3, 0.4) is 0 Å². The fourth-order valence-electron chi connectivity index (χ4n) is 2.50. The van der Waals surface area contributed by atoms with Crippen molar-refractivity contribution >= 4 is 34.6 Å². The lowest BCUT2D eigenvalue weighted by Gasteiger charge is -2.14. The van der Waals surface area contributed by atoms with Crippen molar-refractivity contribution in [2.45, 2.75) is 6.61 Å². The molecule has 0 spiro atoms. The van der Waals surface area contributed by atoms with Crippen LogP contribution in [0.4, 0.5) is 11.4 Å². The van der Waals surface area contributed by atoms with Crippen molar-refractivity contribution in [1.29, 1.82) is 0 Å². The van der Waals surface area contributed by atoms with Crippen LogP contribution in [-0.2, 0) is 6.61 Å². The molecule has 0 saturated carbocycles. The van der Waals surface area contributed by atoms with E-state index in [9.17, 15) is 0 Å². The Bertz CT molecular complexity index is 840. The second-order valence-corrected chi connectivity index (χ2v) is 6.59. The molecule has 0 heterocycles. The van der Waals surface area contributed by atoms with E-state index in [1.165, 1.54) is 0 Å². The second-order valence-electron chi connectivity index (χ2n) is 5.75. The number of nitrogens with one attached hydrogen (secondary N) is 2. The van der Waals surface area contributed by atoms with Gasteiger partial charge in [0.25, 0.3) is 0 Å². The molecular weight excluding hydrogens is 367 g/mol. The van der Waals surface area contributed by atoms with Crippen LogP contribution in [0.25, 0.3) is 0 Å². The van der Waals surface area contributed by atoms with Crippen LogP contribution < -0.4 is 15.4 Å². The zero-order valence-electron chi connectivity index (χ0n) is 14.2. The minimum atomic E-state index is 0.540. The summed E-state index contributed by atoms with van der Waals surface area (Å²) >= 11 is 12.1. The van der Waals surface area contributed by atoms with Crippen LogP contribution in [0.2, 0.25) is 10.0 Å². The molecule has 3 aromatic rings. The van der Waals surface area contributed by atoms with Crippen molar-refractivity contribution < 1.29 is 4.74 Å². The van der Waals surface area contributed by atoms with Crippen LogP contribution in [0, 0.1) is 0 Å². The monoisotopic (exact) mass is 386 g/mol. The highest BCUT2D eigenvalue weighted by molar-refractivity contribution is 6.36. The summed E-state index contributed by atoms with van der Waals surface area (Å²) in [6.07, 6.45) is 0. The standard InChI is InChI=1S/C21H20Cl2N2O/c22-17-10-11-19(18(23)14-17)24-12-13-25-20-8-4-5-9-21(20)26-15-16-6-2-1-3-7-16/h1-11,14,24-25H,12-13,15H2. The van der Waals surface area contributed by atoms with Gasteiger partial charge < -0.3 is 15.4 Å². The summed E-state index contributed by atoms with van der Waals surface area (Å²) in [5, 5.41) is 7.93. The number of halogens is 2. The number of rotatable bonds is 8. The Morgan fingerprint density at radius 1 is 0.731 bits per heavy atom. The largest absolute Gasteiger partial charge is 0.487 e. The average Bonchev–Trinajstić information content (AvgIpc) is 2.66. The molecule has 0 unspecified atom stereocenters. The Labute approximate surface area is 163 Å². The van der Waals surface area contributed by atoms with E-state index < -0.39 is 0 Å². The van der Waals surface area contributed by atoms with E-state index in [2.05, 4.69) is 22.8 Å². The molecule has 3 aromatic carbocycles. The van der Waals surface area contributed by atoms with E-state index in [0.717, 1.165) is 29.2 Å². The Morgan fingerprint density at radius 3 is 2.19 bits per heavy atom. The van der Waals surface area contributed by atoms with Gasteiger partial charge in [-0.1, -0.05) is 65.7 Å². The maximum absolute atomic E-state index is 6.16. The van der Waals surface area contributed by atoms with Gasteiger partial charge in [0.15, 0.2) is 0 Å². The third-order valence-corrected chi connectivity index (χ3v) is 4.36. The third-order valence-electron chi connectivity index (χ3n) is 3.81. The SMILES string of the molecule is Clc1ccc(NCCNc2ccccc2OCc2ccccc2)c(Cl)c1. The van der Waals surface area contributed by atoms with Crippen LogP contribution in [0.5, 0.6) is 5.75 Å². The first-order valence-electron chi connectivity index (χ1n) is 8.41. The fraction of sp³-hybridized carbons (Fsp3) is 0.143. The van der Waals surface area contributed by atoms with Crippen molar-refractivity contribution in [2.75, 3.05) is 23.7 Å². The molecule has 0 bridgehead atoms. The van der Waals surface area contributed by atoms with Gasteiger partial charge in [-0.2, -0.15) is 0 Å². The maximum atomic E-state index is 6.16. The molecule has 134 valence electrons.